The average Bonchev–Trinajstić information content (AvgIpc) is 3.01. The monoisotopic (exact) mass is 327 g/mol. The lowest BCUT2D eigenvalue weighted by atomic mass is 9.92. The Labute approximate surface area is 140 Å². The number of nitrogens with zero attached hydrogens (tertiary/aromatic N) is 3. The predicted molar refractivity (Wildman–Crippen MR) is 91.8 cm³/mol. The van der Waals surface area contributed by atoms with E-state index in [0.29, 0.717) is 23.0 Å². The van der Waals surface area contributed by atoms with Crippen LogP contribution in [0, 0.1) is 5.92 Å². The largest absolute Gasteiger partial charge is 0.495 e. The molecule has 1 aromatic heterocycles. The van der Waals surface area contributed by atoms with Crippen LogP contribution in [-0.2, 0) is 4.79 Å². The smallest absolute Gasteiger partial charge is 0.255 e. The topological polar surface area (TPSA) is 81.1 Å². The van der Waals surface area contributed by atoms with E-state index < -0.39 is 0 Å². The second kappa shape index (κ2) is 6.35. The fourth-order valence-corrected chi connectivity index (χ4v) is 2.98. The standard InChI is InChI=1S/C17H21N5O2/c1-10(2)15-14(11(3)20-17-18-9-19-22(15)17)16(23)21-12-7-5-6-8-13(12)24-4/h5-10,15H,1-4H3,(H,21,23)(H,18,19,20)/t15-/m0/s1. The molecule has 0 saturated carbocycles. The van der Waals surface area contributed by atoms with E-state index in [1.807, 2.05) is 31.2 Å². The fourth-order valence-electron chi connectivity index (χ4n) is 2.98. The van der Waals surface area contributed by atoms with Crippen LogP contribution in [0.15, 0.2) is 41.9 Å². The van der Waals surface area contributed by atoms with Crippen LogP contribution >= 0.6 is 0 Å². The molecule has 1 amide bonds. The maximum Gasteiger partial charge on any atom is 0.255 e. The first-order chi connectivity index (χ1) is 11.5. The Morgan fingerprint density at radius 2 is 2.12 bits per heavy atom. The van der Waals surface area contributed by atoms with Gasteiger partial charge >= 0.3 is 0 Å². The molecule has 0 unspecified atom stereocenters. The zero-order valence-corrected chi connectivity index (χ0v) is 14.2. The van der Waals surface area contributed by atoms with Crippen molar-refractivity contribution in [3.63, 3.8) is 0 Å². The molecule has 0 fully saturated rings. The van der Waals surface area contributed by atoms with Crippen molar-refractivity contribution in [2.75, 3.05) is 17.7 Å². The van der Waals surface area contributed by atoms with Crippen LogP contribution in [0.2, 0.25) is 0 Å². The Bertz CT molecular complexity index is 794. The van der Waals surface area contributed by atoms with Crippen LogP contribution in [0.25, 0.3) is 0 Å². The van der Waals surface area contributed by atoms with Crippen molar-refractivity contribution in [2.24, 2.45) is 5.92 Å². The number of fused-ring (bicyclic) bond motifs is 1. The van der Waals surface area contributed by atoms with E-state index in [1.165, 1.54) is 6.33 Å². The number of para-hydroxylation sites is 2. The highest BCUT2D eigenvalue weighted by Gasteiger charge is 2.34. The number of ether oxygens (including phenoxy) is 1. The van der Waals surface area contributed by atoms with Gasteiger partial charge in [0, 0.05) is 5.70 Å². The Kier molecular flexibility index (Phi) is 4.24. The number of carbonyl (C=O) groups is 1. The summed E-state index contributed by atoms with van der Waals surface area (Å²) in [5.74, 6) is 1.28. The summed E-state index contributed by atoms with van der Waals surface area (Å²) in [5.41, 5.74) is 2.06. The molecule has 1 atom stereocenters. The maximum absolute atomic E-state index is 13.0. The van der Waals surface area contributed by atoms with Crippen molar-refractivity contribution in [2.45, 2.75) is 26.8 Å². The van der Waals surface area contributed by atoms with Crippen molar-refractivity contribution in [1.29, 1.82) is 0 Å². The molecule has 0 bridgehead atoms. The first kappa shape index (κ1) is 16.0. The summed E-state index contributed by atoms with van der Waals surface area (Å²) in [6.07, 6.45) is 1.49. The lowest BCUT2D eigenvalue weighted by Crippen LogP contribution is -2.33. The third-order valence-corrected chi connectivity index (χ3v) is 4.07. The molecule has 1 aromatic carbocycles. The summed E-state index contributed by atoms with van der Waals surface area (Å²) in [6.45, 7) is 6.00. The fraction of sp³-hybridized carbons (Fsp3) is 0.353. The van der Waals surface area contributed by atoms with Gasteiger partial charge in [-0.3, -0.25) is 4.79 Å². The third-order valence-electron chi connectivity index (χ3n) is 4.07. The summed E-state index contributed by atoms with van der Waals surface area (Å²) in [7, 11) is 1.58. The van der Waals surface area contributed by atoms with Crippen molar-refractivity contribution in [1.82, 2.24) is 14.8 Å². The Hall–Kier alpha value is -2.83. The SMILES string of the molecule is COc1ccccc1NC(=O)C1=C(C)Nc2ncnn2[C@H]1C(C)C. The van der Waals surface area contributed by atoms with E-state index >= 15 is 0 Å². The molecular weight excluding hydrogens is 306 g/mol. The van der Waals surface area contributed by atoms with E-state index in [9.17, 15) is 4.79 Å². The van der Waals surface area contributed by atoms with Crippen molar-refractivity contribution in [3.05, 3.63) is 41.9 Å². The molecule has 0 aliphatic carbocycles. The first-order valence-corrected chi connectivity index (χ1v) is 7.84. The number of rotatable bonds is 4. The lowest BCUT2D eigenvalue weighted by Gasteiger charge is -2.30. The summed E-state index contributed by atoms with van der Waals surface area (Å²) in [6, 6.07) is 7.16. The van der Waals surface area contributed by atoms with Gasteiger partial charge in [-0.25, -0.2) is 4.68 Å². The van der Waals surface area contributed by atoms with Crippen LogP contribution in [0.1, 0.15) is 26.8 Å². The van der Waals surface area contributed by atoms with E-state index in [4.69, 9.17) is 4.74 Å². The highest BCUT2D eigenvalue weighted by molar-refractivity contribution is 6.06. The van der Waals surface area contributed by atoms with Crippen LogP contribution in [-0.4, -0.2) is 27.8 Å². The molecule has 7 heteroatoms. The van der Waals surface area contributed by atoms with Gasteiger partial charge in [0.25, 0.3) is 5.91 Å². The lowest BCUT2D eigenvalue weighted by molar-refractivity contribution is -0.113. The first-order valence-electron chi connectivity index (χ1n) is 7.84. The number of benzene rings is 1. The van der Waals surface area contributed by atoms with Gasteiger partial charge in [-0.15, -0.1) is 0 Å². The number of aromatic nitrogens is 3. The van der Waals surface area contributed by atoms with Crippen molar-refractivity contribution < 1.29 is 9.53 Å². The zero-order chi connectivity index (χ0) is 17.3. The van der Waals surface area contributed by atoms with Gasteiger partial charge in [-0.2, -0.15) is 10.1 Å². The van der Waals surface area contributed by atoms with E-state index in [0.717, 1.165) is 5.70 Å². The van der Waals surface area contributed by atoms with Crippen molar-refractivity contribution >= 4 is 17.5 Å². The second-order valence-electron chi connectivity index (χ2n) is 6.04. The van der Waals surface area contributed by atoms with Crippen LogP contribution in [0.4, 0.5) is 11.6 Å². The third kappa shape index (κ3) is 2.73. The van der Waals surface area contributed by atoms with E-state index in [-0.39, 0.29) is 17.9 Å². The molecule has 0 saturated heterocycles. The van der Waals surface area contributed by atoms with Gasteiger partial charge in [0.2, 0.25) is 5.95 Å². The molecule has 2 N–H and O–H groups in total. The molecule has 2 heterocycles. The summed E-state index contributed by atoms with van der Waals surface area (Å²) in [4.78, 5) is 17.2. The number of carbonyl (C=O) groups excluding carboxylic acids is 1. The van der Waals surface area contributed by atoms with E-state index in [2.05, 4.69) is 34.6 Å². The van der Waals surface area contributed by atoms with Crippen LogP contribution in [0.3, 0.4) is 0 Å². The van der Waals surface area contributed by atoms with Gasteiger partial charge in [0.15, 0.2) is 0 Å². The molecule has 0 radical (unpaired) electrons. The van der Waals surface area contributed by atoms with Gasteiger partial charge in [-0.05, 0) is 25.0 Å². The molecule has 2 aromatic rings. The number of hydrogen-bond acceptors (Lipinski definition) is 5. The number of anilines is 2. The Balaban J connectivity index is 1.95. The normalized spacial score (nSPS) is 16.6. The van der Waals surface area contributed by atoms with Crippen LogP contribution in [0.5, 0.6) is 5.75 Å². The Morgan fingerprint density at radius 1 is 1.38 bits per heavy atom. The number of allylic oxidation sites excluding steroid dienone is 1. The highest BCUT2D eigenvalue weighted by Crippen LogP contribution is 2.35. The minimum atomic E-state index is -0.182. The number of methoxy groups -OCH3 is 1. The Morgan fingerprint density at radius 3 is 2.83 bits per heavy atom. The number of hydrogen-bond donors (Lipinski definition) is 2. The molecule has 0 spiro atoms. The minimum Gasteiger partial charge on any atom is -0.495 e. The minimum absolute atomic E-state index is 0.177. The van der Waals surface area contributed by atoms with Gasteiger partial charge < -0.3 is 15.4 Å². The molecule has 1 aliphatic rings. The van der Waals surface area contributed by atoms with Gasteiger partial charge in [0.05, 0.1) is 24.4 Å². The zero-order valence-electron chi connectivity index (χ0n) is 14.2. The summed E-state index contributed by atoms with van der Waals surface area (Å²) < 4.78 is 7.06. The molecule has 126 valence electrons. The predicted octanol–water partition coefficient (Wildman–Crippen LogP) is 2.82. The summed E-state index contributed by atoms with van der Waals surface area (Å²) in [5, 5.41) is 10.4. The maximum atomic E-state index is 13.0. The molecule has 7 nitrogen and oxygen atoms in total. The average molecular weight is 327 g/mol. The van der Waals surface area contributed by atoms with E-state index in [1.54, 1.807) is 11.8 Å². The van der Waals surface area contributed by atoms with Gasteiger partial charge in [-0.1, -0.05) is 26.0 Å². The van der Waals surface area contributed by atoms with Gasteiger partial charge in [0.1, 0.15) is 12.1 Å². The van der Waals surface area contributed by atoms with Crippen molar-refractivity contribution in [3.8, 4) is 5.75 Å². The summed E-state index contributed by atoms with van der Waals surface area (Å²) >= 11 is 0. The molecular formula is C17H21N5O2. The van der Waals surface area contributed by atoms with Crippen LogP contribution < -0.4 is 15.4 Å². The highest BCUT2D eigenvalue weighted by atomic mass is 16.5. The molecule has 1 aliphatic heterocycles. The molecule has 3 rings (SSSR count). The molecule has 24 heavy (non-hydrogen) atoms. The quantitative estimate of drug-likeness (QED) is 0.902. The number of nitrogens with one attached hydrogen (secondary N) is 2. The number of amides is 1. The second-order valence-corrected chi connectivity index (χ2v) is 6.04.